The van der Waals surface area contributed by atoms with E-state index in [9.17, 15) is 0 Å². The molecule has 3 atom stereocenters. The van der Waals surface area contributed by atoms with Gasteiger partial charge in [-0.2, -0.15) is 0 Å². The second kappa shape index (κ2) is 6.57. The standard InChI is InChI=1S/C17H24N2S2/c1-2-21-15-5-3-4-14(16(15)17(18)20)19-10-13-9-11-6-7-12(13)8-11/h3-5,11-13,19H,2,6-10H2,1H3,(H2,18,20). The first-order valence-corrected chi connectivity index (χ1v) is 9.38. The van der Waals surface area contributed by atoms with Gasteiger partial charge in [-0.3, -0.25) is 0 Å². The molecule has 4 heteroatoms. The van der Waals surface area contributed by atoms with Crippen LogP contribution in [-0.2, 0) is 0 Å². The first kappa shape index (κ1) is 15.2. The Kier molecular flexibility index (Phi) is 4.75. The zero-order valence-corrected chi connectivity index (χ0v) is 14.2. The Morgan fingerprint density at radius 2 is 2.24 bits per heavy atom. The predicted octanol–water partition coefficient (Wildman–Crippen LogP) is 4.28. The van der Waals surface area contributed by atoms with Crippen LogP contribution in [0.4, 0.5) is 5.69 Å². The van der Waals surface area contributed by atoms with E-state index in [0.717, 1.165) is 41.3 Å². The van der Waals surface area contributed by atoms with Crippen molar-refractivity contribution in [2.45, 2.75) is 37.5 Å². The van der Waals surface area contributed by atoms with Crippen LogP contribution in [0.3, 0.4) is 0 Å². The molecule has 0 amide bonds. The Hall–Kier alpha value is -0.740. The van der Waals surface area contributed by atoms with Gasteiger partial charge < -0.3 is 11.1 Å². The molecule has 0 spiro atoms. The van der Waals surface area contributed by atoms with E-state index >= 15 is 0 Å². The van der Waals surface area contributed by atoms with Crippen molar-refractivity contribution in [3.8, 4) is 0 Å². The van der Waals surface area contributed by atoms with Crippen LogP contribution in [0.1, 0.15) is 38.2 Å². The van der Waals surface area contributed by atoms with Crippen molar-refractivity contribution >= 4 is 34.7 Å². The predicted molar refractivity (Wildman–Crippen MR) is 96.2 cm³/mol. The van der Waals surface area contributed by atoms with Gasteiger partial charge in [-0.1, -0.05) is 31.6 Å². The fraction of sp³-hybridized carbons (Fsp3) is 0.588. The maximum Gasteiger partial charge on any atom is 0.107 e. The van der Waals surface area contributed by atoms with Crippen molar-refractivity contribution in [3.05, 3.63) is 23.8 Å². The molecule has 0 aliphatic heterocycles. The summed E-state index contributed by atoms with van der Waals surface area (Å²) in [7, 11) is 0. The van der Waals surface area contributed by atoms with Crippen molar-refractivity contribution in [1.82, 2.24) is 0 Å². The van der Waals surface area contributed by atoms with Crippen LogP contribution >= 0.6 is 24.0 Å². The van der Waals surface area contributed by atoms with Gasteiger partial charge in [0.2, 0.25) is 0 Å². The Morgan fingerprint density at radius 1 is 1.38 bits per heavy atom. The van der Waals surface area contributed by atoms with Crippen LogP contribution in [-0.4, -0.2) is 17.3 Å². The molecule has 2 aliphatic carbocycles. The first-order valence-electron chi connectivity index (χ1n) is 7.98. The van der Waals surface area contributed by atoms with E-state index in [2.05, 4.69) is 30.4 Å². The average molecular weight is 321 g/mol. The number of anilines is 1. The number of nitrogens with two attached hydrogens (primary N) is 1. The summed E-state index contributed by atoms with van der Waals surface area (Å²) >= 11 is 7.08. The van der Waals surface area contributed by atoms with E-state index < -0.39 is 0 Å². The highest BCUT2D eigenvalue weighted by molar-refractivity contribution is 7.99. The summed E-state index contributed by atoms with van der Waals surface area (Å²) in [6.07, 6.45) is 5.76. The Balaban J connectivity index is 1.72. The Labute approximate surface area is 137 Å². The molecule has 114 valence electrons. The van der Waals surface area contributed by atoms with Crippen LogP contribution < -0.4 is 11.1 Å². The molecule has 0 heterocycles. The van der Waals surface area contributed by atoms with Crippen molar-refractivity contribution < 1.29 is 0 Å². The zero-order chi connectivity index (χ0) is 14.8. The van der Waals surface area contributed by atoms with E-state index in [-0.39, 0.29) is 0 Å². The summed E-state index contributed by atoms with van der Waals surface area (Å²) in [5, 5.41) is 3.64. The van der Waals surface area contributed by atoms with Gasteiger partial charge in [0.05, 0.1) is 0 Å². The van der Waals surface area contributed by atoms with E-state index in [1.165, 1.54) is 30.6 Å². The van der Waals surface area contributed by atoms with E-state index in [4.69, 9.17) is 18.0 Å². The Morgan fingerprint density at radius 3 is 2.86 bits per heavy atom. The maximum atomic E-state index is 5.97. The first-order chi connectivity index (χ1) is 10.2. The topological polar surface area (TPSA) is 38.0 Å². The van der Waals surface area contributed by atoms with Crippen molar-refractivity contribution in [3.63, 3.8) is 0 Å². The summed E-state index contributed by atoms with van der Waals surface area (Å²) in [5.41, 5.74) is 8.11. The summed E-state index contributed by atoms with van der Waals surface area (Å²) < 4.78 is 0. The fourth-order valence-corrected chi connectivity index (χ4v) is 5.21. The van der Waals surface area contributed by atoms with Crippen LogP contribution in [0, 0.1) is 17.8 Å². The summed E-state index contributed by atoms with van der Waals surface area (Å²) in [5.74, 6) is 3.82. The lowest BCUT2D eigenvalue weighted by molar-refractivity contribution is 0.348. The molecule has 1 aromatic rings. The fourth-order valence-electron chi connectivity index (χ4n) is 4.08. The minimum absolute atomic E-state index is 0.502. The largest absolute Gasteiger partial charge is 0.389 e. The smallest absolute Gasteiger partial charge is 0.107 e. The third kappa shape index (κ3) is 3.21. The van der Waals surface area contributed by atoms with Crippen molar-refractivity contribution in [1.29, 1.82) is 0 Å². The molecule has 21 heavy (non-hydrogen) atoms. The normalized spacial score (nSPS) is 27.0. The van der Waals surface area contributed by atoms with E-state index in [1.54, 1.807) is 0 Å². The molecular formula is C17H24N2S2. The molecule has 0 aromatic heterocycles. The average Bonchev–Trinajstić information content (AvgIpc) is 3.07. The van der Waals surface area contributed by atoms with Gasteiger partial charge in [-0.25, -0.2) is 0 Å². The number of thiocarbonyl (C=S) groups is 1. The molecule has 0 saturated heterocycles. The van der Waals surface area contributed by atoms with Gasteiger partial charge in [0.15, 0.2) is 0 Å². The van der Waals surface area contributed by atoms with Crippen LogP contribution in [0.15, 0.2) is 23.1 Å². The number of hydrogen-bond acceptors (Lipinski definition) is 3. The lowest BCUT2D eigenvalue weighted by Gasteiger charge is -2.23. The van der Waals surface area contributed by atoms with Gasteiger partial charge >= 0.3 is 0 Å². The second-order valence-corrected chi connectivity index (χ2v) is 8.04. The molecule has 2 fully saturated rings. The SMILES string of the molecule is CCSc1cccc(NCC2CC3CCC2C3)c1C(N)=S. The highest BCUT2D eigenvalue weighted by Gasteiger charge is 2.39. The third-order valence-corrected chi connectivity index (χ3v) is 6.16. The number of thioether (sulfide) groups is 1. The van der Waals surface area contributed by atoms with E-state index in [1.807, 2.05) is 11.8 Å². The van der Waals surface area contributed by atoms with Gasteiger partial charge in [0.1, 0.15) is 4.99 Å². The monoisotopic (exact) mass is 320 g/mol. The molecule has 3 N–H and O–H groups in total. The molecule has 2 saturated carbocycles. The minimum Gasteiger partial charge on any atom is -0.389 e. The molecular weight excluding hydrogens is 296 g/mol. The third-order valence-electron chi connectivity index (χ3n) is 5.01. The van der Waals surface area contributed by atoms with Gasteiger partial charge in [-0.05, 0) is 54.9 Å². The maximum absolute atomic E-state index is 5.97. The minimum atomic E-state index is 0.502. The summed E-state index contributed by atoms with van der Waals surface area (Å²) in [4.78, 5) is 1.70. The molecule has 3 rings (SSSR count). The number of hydrogen-bond donors (Lipinski definition) is 2. The van der Waals surface area contributed by atoms with E-state index in [0.29, 0.717) is 4.99 Å². The van der Waals surface area contributed by atoms with Crippen LogP contribution in [0.2, 0.25) is 0 Å². The number of fused-ring (bicyclic) bond motifs is 2. The van der Waals surface area contributed by atoms with Gasteiger partial charge in [0.25, 0.3) is 0 Å². The highest BCUT2D eigenvalue weighted by Crippen LogP contribution is 2.48. The van der Waals surface area contributed by atoms with Gasteiger partial charge in [-0.15, -0.1) is 11.8 Å². The lowest BCUT2D eigenvalue weighted by Crippen LogP contribution is -2.22. The summed E-state index contributed by atoms with van der Waals surface area (Å²) in [6.45, 7) is 3.22. The highest BCUT2D eigenvalue weighted by atomic mass is 32.2. The molecule has 0 radical (unpaired) electrons. The number of nitrogens with one attached hydrogen (secondary N) is 1. The molecule has 3 unspecified atom stereocenters. The number of benzene rings is 1. The summed E-state index contributed by atoms with van der Waals surface area (Å²) in [6, 6.07) is 6.33. The van der Waals surface area contributed by atoms with Gasteiger partial charge in [0, 0.05) is 22.7 Å². The van der Waals surface area contributed by atoms with Crippen LogP contribution in [0.25, 0.3) is 0 Å². The second-order valence-electron chi connectivity index (χ2n) is 6.29. The van der Waals surface area contributed by atoms with Crippen LogP contribution in [0.5, 0.6) is 0 Å². The molecule has 2 aliphatic rings. The quantitative estimate of drug-likeness (QED) is 0.606. The molecule has 1 aromatic carbocycles. The zero-order valence-electron chi connectivity index (χ0n) is 12.6. The molecule has 2 bridgehead atoms. The van der Waals surface area contributed by atoms with Crippen molar-refractivity contribution in [2.24, 2.45) is 23.5 Å². The lowest BCUT2D eigenvalue weighted by atomic mass is 9.89. The van der Waals surface area contributed by atoms with Crippen molar-refractivity contribution in [2.75, 3.05) is 17.6 Å². The number of rotatable bonds is 6. The Bertz CT molecular complexity index is 530. The molecule has 2 nitrogen and oxygen atoms in total.